The van der Waals surface area contributed by atoms with Gasteiger partial charge >= 0.3 is 0 Å². The topological polar surface area (TPSA) is 41.5 Å². The Morgan fingerprint density at radius 1 is 1.05 bits per heavy atom. The van der Waals surface area contributed by atoms with E-state index in [0.717, 1.165) is 17.5 Å². The summed E-state index contributed by atoms with van der Waals surface area (Å²) in [5.74, 6) is -0.250. The molecule has 0 aliphatic rings. The van der Waals surface area contributed by atoms with Crippen LogP contribution in [0.15, 0.2) is 65.8 Å². The maximum Gasteiger partial charge on any atom is 0.264 e. The number of carbonyl (C=O) groups is 1. The largest absolute Gasteiger partial charge is 0.268 e. The molecule has 0 saturated carbocycles. The summed E-state index contributed by atoms with van der Waals surface area (Å²) in [6.45, 7) is 2.11. The van der Waals surface area contributed by atoms with Gasteiger partial charge in [-0.3, -0.25) is 4.79 Å². The SMILES string of the molecule is CCc1ccc(C=NNC(=O)/C=C/c2ccccc2)cc1. The molecule has 2 aromatic carbocycles. The number of hydrogen-bond acceptors (Lipinski definition) is 2. The molecule has 0 fully saturated rings. The summed E-state index contributed by atoms with van der Waals surface area (Å²) in [7, 11) is 0. The van der Waals surface area contributed by atoms with Gasteiger partial charge in [0.15, 0.2) is 0 Å². The van der Waals surface area contributed by atoms with E-state index >= 15 is 0 Å². The van der Waals surface area contributed by atoms with E-state index in [-0.39, 0.29) is 5.91 Å². The lowest BCUT2D eigenvalue weighted by Crippen LogP contribution is -2.14. The Balaban J connectivity index is 1.85. The normalized spacial score (nSPS) is 11.1. The Hall–Kier alpha value is -2.68. The first-order chi connectivity index (χ1) is 10.3. The van der Waals surface area contributed by atoms with Crippen molar-refractivity contribution >= 4 is 18.2 Å². The number of aryl methyl sites for hydroxylation is 1. The van der Waals surface area contributed by atoms with Gasteiger partial charge in [-0.15, -0.1) is 0 Å². The van der Waals surface area contributed by atoms with Gasteiger partial charge in [0.1, 0.15) is 0 Å². The number of carbonyl (C=O) groups excluding carboxylic acids is 1. The molecular weight excluding hydrogens is 260 g/mol. The maximum atomic E-state index is 11.6. The second-order valence-electron chi connectivity index (χ2n) is 4.57. The highest BCUT2D eigenvalue weighted by molar-refractivity contribution is 5.92. The van der Waals surface area contributed by atoms with E-state index in [0.29, 0.717) is 0 Å². The molecule has 2 rings (SSSR count). The molecule has 106 valence electrons. The Bertz CT molecular complexity index is 628. The fourth-order valence-electron chi connectivity index (χ4n) is 1.78. The maximum absolute atomic E-state index is 11.6. The van der Waals surface area contributed by atoms with Crippen LogP contribution in [0, 0.1) is 0 Å². The van der Waals surface area contributed by atoms with Gasteiger partial charge in [0.25, 0.3) is 5.91 Å². The predicted molar refractivity (Wildman–Crippen MR) is 87.0 cm³/mol. The van der Waals surface area contributed by atoms with Gasteiger partial charge in [-0.2, -0.15) is 5.10 Å². The number of hydrogen-bond donors (Lipinski definition) is 1. The van der Waals surface area contributed by atoms with Crippen LogP contribution in [-0.2, 0) is 11.2 Å². The molecule has 0 aromatic heterocycles. The van der Waals surface area contributed by atoms with Crippen molar-refractivity contribution in [2.45, 2.75) is 13.3 Å². The number of nitrogens with zero attached hydrogens (tertiary/aromatic N) is 1. The Kier molecular flexibility index (Phi) is 5.47. The molecule has 0 radical (unpaired) electrons. The smallest absolute Gasteiger partial charge is 0.264 e. The molecule has 0 bridgehead atoms. The molecule has 0 unspecified atom stereocenters. The van der Waals surface area contributed by atoms with Gasteiger partial charge in [-0.25, -0.2) is 5.43 Å². The van der Waals surface area contributed by atoms with Crippen molar-refractivity contribution in [1.29, 1.82) is 0 Å². The minimum atomic E-state index is -0.250. The lowest BCUT2D eigenvalue weighted by molar-refractivity contribution is -0.116. The number of nitrogens with one attached hydrogen (secondary N) is 1. The van der Waals surface area contributed by atoms with Gasteiger partial charge in [0, 0.05) is 6.08 Å². The number of benzene rings is 2. The molecule has 1 N–H and O–H groups in total. The first-order valence-corrected chi connectivity index (χ1v) is 6.93. The van der Waals surface area contributed by atoms with Crippen LogP contribution in [0.3, 0.4) is 0 Å². The van der Waals surface area contributed by atoms with E-state index in [1.807, 2.05) is 42.5 Å². The van der Waals surface area contributed by atoms with Crippen molar-refractivity contribution in [2.24, 2.45) is 5.10 Å². The van der Waals surface area contributed by atoms with Crippen LogP contribution in [0.5, 0.6) is 0 Å². The zero-order chi connectivity index (χ0) is 14.9. The van der Waals surface area contributed by atoms with E-state index < -0.39 is 0 Å². The fourth-order valence-corrected chi connectivity index (χ4v) is 1.78. The first kappa shape index (κ1) is 14.7. The molecule has 0 heterocycles. The predicted octanol–water partition coefficient (Wildman–Crippen LogP) is 3.41. The molecule has 3 heteroatoms. The highest BCUT2D eigenvalue weighted by atomic mass is 16.2. The summed E-state index contributed by atoms with van der Waals surface area (Å²) < 4.78 is 0. The number of hydrazone groups is 1. The summed E-state index contributed by atoms with van der Waals surface area (Å²) in [4.78, 5) is 11.6. The Labute approximate surface area is 125 Å². The van der Waals surface area contributed by atoms with Gasteiger partial charge in [-0.05, 0) is 29.2 Å². The highest BCUT2D eigenvalue weighted by Crippen LogP contribution is 2.03. The monoisotopic (exact) mass is 278 g/mol. The number of amides is 1. The average Bonchev–Trinajstić information content (AvgIpc) is 2.54. The fraction of sp³-hybridized carbons (Fsp3) is 0.111. The van der Waals surface area contributed by atoms with Crippen LogP contribution in [0.4, 0.5) is 0 Å². The van der Waals surface area contributed by atoms with Crippen molar-refractivity contribution in [3.8, 4) is 0 Å². The van der Waals surface area contributed by atoms with Crippen molar-refractivity contribution < 1.29 is 4.79 Å². The summed E-state index contributed by atoms with van der Waals surface area (Å²) >= 11 is 0. The van der Waals surface area contributed by atoms with Gasteiger partial charge in [-0.1, -0.05) is 61.5 Å². The summed E-state index contributed by atoms with van der Waals surface area (Å²) in [5, 5.41) is 3.93. The molecule has 0 aliphatic heterocycles. The zero-order valence-corrected chi connectivity index (χ0v) is 12.0. The van der Waals surface area contributed by atoms with Crippen LogP contribution in [-0.4, -0.2) is 12.1 Å². The third kappa shape index (κ3) is 5.07. The van der Waals surface area contributed by atoms with Crippen LogP contribution in [0.2, 0.25) is 0 Å². The van der Waals surface area contributed by atoms with Gasteiger partial charge < -0.3 is 0 Å². The molecule has 1 amide bonds. The highest BCUT2D eigenvalue weighted by Gasteiger charge is 1.93. The summed E-state index contributed by atoms with van der Waals surface area (Å²) in [5.41, 5.74) is 5.69. The quantitative estimate of drug-likeness (QED) is 0.508. The lowest BCUT2D eigenvalue weighted by Gasteiger charge is -1.97. The molecular formula is C18H18N2O. The van der Waals surface area contributed by atoms with Crippen LogP contribution < -0.4 is 5.43 Å². The Morgan fingerprint density at radius 2 is 1.76 bits per heavy atom. The van der Waals surface area contributed by atoms with E-state index in [4.69, 9.17) is 0 Å². The third-order valence-corrected chi connectivity index (χ3v) is 3.00. The molecule has 2 aromatic rings. The van der Waals surface area contributed by atoms with E-state index in [2.05, 4.69) is 29.6 Å². The zero-order valence-electron chi connectivity index (χ0n) is 12.0. The molecule has 3 nitrogen and oxygen atoms in total. The standard InChI is InChI=1S/C18H18N2O/c1-2-15-8-10-17(11-9-15)14-19-20-18(21)13-12-16-6-4-3-5-7-16/h3-14H,2H2,1H3,(H,20,21)/b13-12+,19-14?. The second-order valence-corrected chi connectivity index (χ2v) is 4.57. The van der Waals surface area contributed by atoms with Gasteiger partial charge in [0.05, 0.1) is 6.21 Å². The average molecular weight is 278 g/mol. The molecule has 0 atom stereocenters. The molecule has 0 spiro atoms. The minimum Gasteiger partial charge on any atom is -0.268 e. The van der Waals surface area contributed by atoms with E-state index in [1.54, 1.807) is 12.3 Å². The molecule has 21 heavy (non-hydrogen) atoms. The summed E-state index contributed by atoms with van der Waals surface area (Å²) in [6.07, 6.45) is 5.86. The second kappa shape index (κ2) is 7.80. The van der Waals surface area contributed by atoms with E-state index in [9.17, 15) is 4.79 Å². The number of rotatable bonds is 5. The summed E-state index contributed by atoms with van der Waals surface area (Å²) in [6, 6.07) is 17.7. The third-order valence-electron chi connectivity index (χ3n) is 3.00. The van der Waals surface area contributed by atoms with Crippen molar-refractivity contribution in [3.05, 3.63) is 77.4 Å². The molecule has 0 saturated heterocycles. The van der Waals surface area contributed by atoms with Crippen molar-refractivity contribution in [2.75, 3.05) is 0 Å². The first-order valence-electron chi connectivity index (χ1n) is 6.93. The lowest BCUT2D eigenvalue weighted by atomic mass is 10.1. The van der Waals surface area contributed by atoms with Gasteiger partial charge in [0.2, 0.25) is 0 Å². The van der Waals surface area contributed by atoms with Crippen LogP contribution >= 0.6 is 0 Å². The van der Waals surface area contributed by atoms with Crippen molar-refractivity contribution in [3.63, 3.8) is 0 Å². The Morgan fingerprint density at radius 3 is 2.43 bits per heavy atom. The van der Waals surface area contributed by atoms with Crippen LogP contribution in [0.25, 0.3) is 6.08 Å². The minimum absolute atomic E-state index is 0.250. The molecule has 0 aliphatic carbocycles. The van der Waals surface area contributed by atoms with Crippen molar-refractivity contribution in [1.82, 2.24) is 5.43 Å². The van der Waals surface area contributed by atoms with E-state index in [1.165, 1.54) is 11.6 Å². The van der Waals surface area contributed by atoms with Crippen LogP contribution in [0.1, 0.15) is 23.6 Å².